The van der Waals surface area contributed by atoms with Crippen molar-refractivity contribution in [2.24, 2.45) is 0 Å². The van der Waals surface area contributed by atoms with Crippen LogP contribution in [0.2, 0.25) is 5.02 Å². The van der Waals surface area contributed by atoms with Crippen molar-refractivity contribution in [1.29, 1.82) is 0 Å². The maximum absolute atomic E-state index is 9.35. The van der Waals surface area contributed by atoms with Crippen molar-refractivity contribution in [1.82, 2.24) is 0 Å². The molecule has 0 spiro atoms. The maximum atomic E-state index is 9.35. The molecule has 1 aromatic carbocycles. The molecule has 2 atom stereocenters. The molecule has 0 saturated carbocycles. The van der Waals surface area contributed by atoms with Crippen LogP contribution < -0.4 is 5.32 Å². The summed E-state index contributed by atoms with van der Waals surface area (Å²) in [7, 11) is 0. The van der Waals surface area contributed by atoms with E-state index in [9.17, 15) is 5.11 Å². The highest BCUT2D eigenvalue weighted by atomic mass is 35.5. The number of hydrogen-bond acceptors (Lipinski definition) is 3. The molecule has 1 aromatic rings. The first-order valence-corrected chi connectivity index (χ1v) is 5.92. The Labute approximate surface area is 100 Å². The van der Waals surface area contributed by atoms with Crippen LogP contribution in [0.15, 0.2) is 24.3 Å². The standard InChI is InChI=1S/C12H16ClNO2/c13-9-4-1-2-5-10(9)14-11(8-15)12-6-3-7-16-12/h1-2,4-5,11-12,14-15H,3,6-8H2. The molecule has 88 valence electrons. The summed E-state index contributed by atoms with van der Waals surface area (Å²) < 4.78 is 5.55. The quantitative estimate of drug-likeness (QED) is 0.850. The zero-order valence-electron chi connectivity index (χ0n) is 9.03. The molecule has 2 unspecified atom stereocenters. The topological polar surface area (TPSA) is 41.5 Å². The highest BCUT2D eigenvalue weighted by Gasteiger charge is 2.25. The summed E-state index contributed by atoms with van der Waals surface area (Å²) in [5, 5.41) is 13.3. The van der Waals surface area contributed by atoms with Gasteiger partial charge in [0.25, 0.3) is 0 Å². The van der Waals surface area contributed by atoms with Crippen molar-refractivity contribution in [2.75, 3.05) is 18.5 Å². The molecule has 3 nitrogen and oxygen atoms in total. The Morgan fingerprint density at radius 1 is 1.50 bits per heavy atom. The predicted octanol–water partition coefficient (Wildman–Crippen LogP) is 2.29. The number of halogens is 1. The van der Waals surface area contributed by atoms with E-state index in [1.165, 1.54) is 0 Å². The van der Waals surface area contributed by atoms with E-state index in [-0.39, 0.29) is 18.8 Å². The van der Waals surface area contributed by atoms with Crippen molar-refractivity contribution >= 4 is 17.3 Å². The van der Waals surface area contributed by atoms with Gasteiger partial charge in [-0.1, -0.05) is 23.7 Å². The van der Waals surface area contributed by atoms with E-state index in [1.807, 2.05) is 24.3 Å². The van der Waals surface area contributed by atoms with Gasteiger partial charge in [0.05, 0.1) is 29.5 Å². The third-order valence-corrected chi connectivity index (χ3v) is 3.15. The van der Waals surface area contributed by atoms with E-state index < -0.39 is 0 Å². The van der Waals surface area contributed by atoms with Crippen molar-refractivity contribution in [3.05, 3.63) is 29.3 Å². The van der Waals surface area contributed by atoms with Crippen LogP contribution in [0.3, 0.4) is 0 Å². The number of aliphatic hydroxyl groups excluding tert-OH is 1. The van der Waals surface area contributed by atoms with Crippen LogP contribution in [0.1, 0.15) is 12.8 Å². The fourth-order valence-electron chi connectivity index (χ4n) is 1.95. The Balaban J connectivity index is 2.03. The van der Waals surface area contributed by atoms with E-state index in [2.05, 4.69) is 5.32 Å². The number of para-hydroxylation sites is 1. The van der Waals surface area contributed by atoms with Gasteiger partial charge in [-0.05, 0) is 25.0 Å². The molecule has 1 fully saturated rings. The average molecular weight is 242 g/mol. The monoisotopic (exact) mass is 241 g/mol. The smallest absolute Gasteiger partial charge is 0.0799 e. The molecule has 1 aliphatic heterocycles. The van der Waals surface area contributed by atoms with E-state index in [4.69, 9.17) is 16.3 Å². The molecule has 16 heavy (non-hydrogen) atoms. The molecule has 2 N–H and O–H groups in total. The van der Waals surface area contributed by atoms with Crippen LogP contribution in [0.5, 0.6) is 0 Å². The minimum absolute atomic E-state index is 0.0515. The molecule has 0 amide bonds. The lowest BCUT2D eigenvalue weighted by Crippen LogP contribution is -2.36. The highest BCUT2D eigenvalue weighted by molar-refractivity contribution is 6.33. The van der Waals surface area contributed by atoms with Gasteiger partial charge in [0.15, 0.2) is 0 Å². The first kappa shape index (κ1) is 11.7. The van der Waals surface area contributed by atoms with Crippen LogP contribution >= 0.6 is 11.6 Å². The molecule has 0 radical (unpaired) electrons. The molecule has 4 heteroatoms. The summed E-state index contributed by atoms with van der Waals surface area (Å²) in [5.41, 5.74) is 0.846. The largest absolute Gasteiger partial charge is 0.394 e. The third kappa shape index (κ3) is 2.67. The van der Waals surface area contributed by atoms with E-state index in [0.29, 0.717) is 5.02 Å². The lowest BCUT2D eigenvalue weighted by Gasteiger charge is -2.23. The van der Waals surface area contributed by atoms with Crippen molar-refractivity contribution in [3.8, 4) is 0 Å². The minimum atomic E-state index is -0.0811. The van der Waals surface area contributed by atoms with Gasteiger partial charge in [-0.15, -0.1) is 0 Å². The van der Waals surface area contributed by atoms with Gasteiger partial charge in [0, 0.05) is 6.61 Å². The fourth-order valence-corrected chi connectivity index (χ4v) is 2.14. The maximum Gasteiger partial charge on any atom is 0.0799 e. The number of anilines is 1. The summed E-state index contributed by atoms with van der Waals surface area (Å²) in [6.45, 7) is 0.835. The predicted molar refractivity (Wildman–Crippen MR) is 64.9 cm³/mol. The van der Waals surface area contributed by atoms with Gasteiger partial charge < -0.3 is 15.2 Å². The van der Waals surface area contributed by atoms with Gasteiger partial charge in [-0.3, -0.25) is 0 Å². The second kappa shape index (κ2) is 5.53. The first-order chi connectivity index (χ1) is 7.81. The van der Waals surface area contributed by atoms with Crippen LogP contribution in [0.4, 0.5) is 5.69 Å². The van der Waals surface area contributed by atoms with Crippen LogP contribution in [0.25, 0.3) is 0 Å². The van der Waals surface area contributed by atoms with Crippen molar-refractivity contribution in [3.63, 3.8) is 0 Å². The summed E-state index contributed by atoms with van der Waals surface area (Å²) in [6.07, 6.45) is 2.13. The Morgan fingerprint density at radius 3 is 2.94 bits per heavy atom. The van der Waals surface area contributed by atoms with Gasteiger partial charge >= 0.3 is 0 Å². The first-order valence-electron chi connectivity index (χ1n) is 5.55. The lowest BCUT2D eigenvalue weighted by molar-refractivity contribution is 0.0758. The number of hydrogen-bond donors (Lipinski definition) is 2. The van der Waals surface area contributed by atoms with Crippen LogP contribution in [-0.4, -0.2) is 30.5 Å². The second-order valence-electron chi connectivity index (χ2n) is 3.96. The molecule has 1 saturated heterocycles. The van der Waals surface area contributed by atoms with E-state index >= 15 is 0 Å². The summed E-state index contributed by atoms with van der Waals surface area (Å²) in [4.78, 5) is 0. The lowest BCUT2D eigenvalue weighted by atomic mass is 10.1. The average Bonchev–Trinajstić information content (AvgIpc) is 2.81. The second-order valence-corrected chi connectivity index (χ2v) is 4.37. The van der Waals surface area contributed by atoms with Crippen LogP contribution in [0, 0.1) is 0 Å². The summed E-state index contributed by atoms with van der Waals surface area (Å²) >= 11 is 6.05. The van der Waals surface area contributed by atoms with Crippen LogP contribution in [-0.2, 0) is 4.74 Å². The van der Waals surface area contributed by atoms with Gasteiger partial charge in [-0.2, -0.15) is 0 Å². The molecule has 0 bridgehead atoms. The minimum Gasteiger partial charge on any atom is -0.394 e. The van der Waals surface area contributed by atoms with Gasteiger partial charge in [0.2, 0.25) is 0 Å². The fraction of sp³-hybridized carbons (Fsp3) is 0.500. The van der Waals surface area contributed by atoms with Gasteiger partial charge in [0.1, 0.15) is 0 Å². The Hall–Kier alpha value is -0.770. The molecular weight excluding hydrogens is 226 g/mol. The van der Waals surface area contributed by atoms with E-state index in [0.717, 1.165) is 25.1 Å². The number of benzene rings is 1. The molecule has 2 rings (SSSR count). The Morgan fingerprint density at radius 2 is 2.31 bits per heavy atom. The zero-order chi connectivity index (χ0) is 11.4. The molecule has 1 heterocycles. The van der Waals surface area contributed by atoms with Gasteiger partial charge in [-0.25, -0.2) is 0 Å². The Kier molecular flexibility index (Phi) is 4.04. The summed E-state index contributed by atoms with van der Waals surface area (Å²) in [6, 6.07) is 7.45. The highest BCUT2D eigenvalue weighted by Crippen LogP contribution is 2.24. The molecule has 0 aromatic heterocycles. The number of ether oxygens (including phenoxy) is 1. The normalized spacial score (nSPS) is 22.0. The third-order valence-electron chi connectivity index (χ3n) is 2.83. The Bertz CT molecular complexity index is 340. The number of aliphatic hydroxyl groups is 1. The van der Waals surface area contributed by atoms with Crippen molar-refractivity contribution < 1.29 is 9.84 Å². The number of rotatable bonds is 4. The van der Waals surface area contributed by atoms with E-state index in [1.54, 1.807) is 0 Å². The summed E-state index contributed by atoms with van der Waals surface area (Å²) in [5.74, 6) is 0. The molecular formula is C12H16ClNO2. The van der Waals surface area contributed by atoms with Crippen molar-refractivity contribution in [2.45, 2.75) is 25.0 Å². The molecule has 1 aliphatic rings. The molecule has 0 aliphatic carbocycles. The zero-order valence-corrected chi connectivity index (χ0v) is 9.78. The SMILES string of the molecule is OCC(Nc1ccccc1Cl)C1CCCO1. The number of nitrogens with one attached hydrogen (secondary N) is 1.